The molecule has 0 heterocycles. The first-order valence-electron chi connectivity index (χ1n) is 2.20. The Hall–Kier alpha value is 0.630. The molecule has 0 aliphatic heterocycles. The van der Waals surface area contributed by atoms with Crippen LogP contribution in [0, 0.1) is 5.82 Å². The van der Waals surface area contributed by atoms with Gasteiger partial charge in [-0.15, -0.1) is 0 Å². The Morgan fingerprint density at radius 2 is 1.56 bits per heavy atom. The van der Waals surface area contributed by atoms with Crippen molar-refractivity contribution in [2.75, 3.05) is 0 Å². The van der Waals surface area contributed by atoms with Gasteiger partial charge in [0.15, 0.2) is 0 Å². The summed E-state index contributed by atoms with van der Waals surface area (Å²) < 4.78 is 13.0. The van der Waals surface area contributed by atoms with Crippen LogP contribution in [0.3, 0.4) is 0 Å². The van der Waals surface area contributed by atoms with E-state index in [-0.39, 0.29) is 35.4 Å². The van der Waals surface area contributed by atoms with Gasteiger partial charge in [0, 0.05) is 4.47 Å². The van der Waals surface area contributed by atoms with E-state index in [0.29, 0.717) is 0 Å². The minimum atomic E-state index is -0.201. The molecule has 0 unspecified atom stereocenters. The summed E-state index contributed by atoms with van der Waals surface area (Å²) in [4.78, 5) is 0. The van der Waals surface area contributed by atoms with Gasteiger partial charge in [-0.2, -0.15) is 0 Å². The second-order valence-corrected chi connectivity index (χ2v) is 2.35. The molecule has 44 valence electrons. The molecule has 0 saturated heterocycles. The molecule has 0 aliphatic carbocycles. The average molecular weight is 199 g/mol. The summed E-state index contributed by atoms with van der Waals surface area (Å²) in [7, 11) is 0. The molecule has 1 rings (SSSR count). The van der Waals surface area contributed by atoms with Crippen LogP contribution in [-0.4, -0.2) is 29.6 Å². The van der Waals surface area contributed by atoms with Gasteiger partial charge in [-0.3, -0.25) is 0 Å². The molecule has 0 saturated carbocycles. The summed E-state index contributed by atoms with van der Waals surface area (Å²) in [5.74, 6) is -0.201. The second kappa shape index (κ2) is 4.45. The molecule has 0 spiro atoms. The Kier molecular flexibility index (Phi) is 4.76. The first-order valence-corrected chi connectivity index (χ1v) is 2.99. The van der Waals surface area contributed by atoms with Gasteiger partial charge in [-0.05, 0) is 24.3 Å². The molecule has 0 fully saturated rings. The fraction of sp³-hybridized carbons (Fsp3) is 0. The van der Waals surface area contributed by atoms with Crippen molar-refractivity contribution >= 4 is 45.5 Å². The summed E-state index contributed by atoms with van der Waals surface area (Å²) in [6.45, 7) is 0. The van der Waals surface area contributed by atoms with E-state index in [9.17, 15) is 4.39 Å². The van der Waals surface area contributed by atoms with E-state index >= 15 is 0 Å². The van der Waals surface area contributed by atoms with Crippen LogP contribution in [-0.2, 0) is 0 Å². The van der Waals surface area contributed by atoms with Gasteiger partial charge < -0.3 is 0 Å². The zero-order chi connectivity index (χ0) is 5.98. The molecular weight excluding hydrogens is 194 g/mol. The molecule has 0 amide bonds. The van der Waals surface area contributed by atoms with Gasteiger partial charge in [-0.1, -0.05) is 15.9 Å². The Morgan fingerprint density at radius 3 is 1.89 bits per heavy atom. The third kappa shape index (κ3) is 3.36. The number of benzene rings is 1. The Morgan fingerprint density at radius 1 is 1.11 bits per heavy atom. The average Bonchev–Trinajstić information content (AvgIpc) is 1.77. The van der Waals surface area contributed by atoms with Crippen molar-refractivity contribution in [1.82, 2.24) is 0 Å². The van der Waals surface area contributed by atoms with Crippen LogP contribution in [0.5, 0.6) is 0 Å². The zero-order valence-corrected chi connectivity index (χ0v) is 5.65. The maximum atomic E-state index is 12.1. The summed E-state index contributed by atoms with van der Waals surface area (Å²) in [5, 5.41) is 0. The standard InChI is InChI=1S/C6H4BrF.Na.H/c7-5-1-3-6(8)4-2-5;;/h1-4H;;. The number of rotatable bonds is 0. The van der Waals surface area contributed by atoms with Crippen molar-refractivity contribution in [2.45, 2.75) is 0 Å². The number of hydrogen-bond donors (Lipinski definition) is 0. The summed E-state index contributed by atoms with van der Waals surface area (Å²) in [5.41, 5.74) is 0. The molecule has 1 aromatic rings. The third-order valence-corrected chi connectivity index (χ3v) is 1.33. The van der Waals surface area contributed by atoms with E-state index in [1.54, 1.807) is 12.1 Å². The number of hydrogen-bond acceptors (Lipinski definition) is 0. The summed E-state index contributed by atoms with van der Waals surface area (Å²) in [6, 6.07) is 6.14. The van der Waals surface area contributed by atoms with Gasteiger partial charge in [-0.25, -0.2) is 4.39 Å². The van der Waals surface area contributed by atoms with Crippen LogP contribution in [0.1, 0.15) is 0 Å². The van der Waals surface area contributed by atoms with Crippen LogP contribution < -0.4 is 0 Å². The topological polar surface area (TPSA) is 0 Å². The van der Waals surface area contributed by atoms with Gasteiger partial charge in [0.05, 0.1) is 0 Å². The molecule has 0 N–H and O–H groups in total. The van der Waals surface area contributed by atoms with Gasteiger partial charge >= 0.3 is 29.6 Å². The van der Waals surface area contributed by atoms with Crippen molar-refractivity contribution in [3.8, 4) is 0 Å². The fourth-order valence-electron chi connectivity index (χ4n) is 0.430. The van der Waals surface area contributed by atoms with E-state index in [4.69, 9.17) is 0 Å². The Bertz CT molecular complexity index is 152. The van der Waals surface area contributed by atoms with Crippen LogP contribution in [0.25, 0.3) is 0 Å². The normalized spacial score (nSPS) is 8.22. The van der Waals surface area contributed by atoms with Gasteiger partial charge in [0.2, 0.25) is 0 Å². The number of halogens is 2. The molecular formula is C6H5BrFNa. The van der Waals surface area contributed by atoms with Crippen LogP contribution in [0.15, 0.2) is 28.7 Å². The predicted molar refractivity (Wildman–Crippen MR) is 41.2 cm³/mol. The van der Waals surface area contributed by atoms with E-state index in [1.165, 1.54) is 12.1 Å². The molecule has 0 radical (unpaired) electrons. The van der Waals surface area contributed by atoms with Gasteiger partial charge in [0.25, 0.3) is 0 Å². The maximum absolute atomic E-state index is 12.1. The quantitative estimate of drug-likeness (QED) is 0.560. The van der Waals surface area contributed by atoms with Crippen LogP contribution in [0.4, 0.5) is 4.39 Å². The molecule has 1 aromatic carbocycles. The van der Waals surface area contributed by atoms with E-state index in [2.05, 4.69) is 15.9 Å². The van der Waals surface area contributed by atoms with Gasteiger partial charge in [0.1, 0.15) is 5.82 Å². The molecule has 0 aromatic heterocycles. The third-order valence-electron chi connectivity index (χ3n) is 0.804. The Balaban J connectivity index is 0.000000640. The van der Waals surface area contributed by atoms with Crippen molar-refractivity contribution in [1.29, 1.82) is 0 Å². The van der Waals surface area contributed by atoms with Crippen molar-refractivity contribution in [3.05, 3.63) is 34.6 Å². The molecule has 3 heteroatoms. The summed E-state index contributed by atoms with van der Waals surface area (Å²) >= 11 is 3.18. The van der Waals surface area contributed by atoms with E-state index < -0.39 is 0 Å². The molecule has 9 heavy (non-hydrogen) atoms. The first kappa shape index (κ1) is 9.63. The zero-order valence-electron chi connectivity index (χ0n) is 4.07. The molecule has 0 bridgehead atoms. The molecule has 0 atom stereocenters. The minimum absolute atomic E-state index is 0. The molecule has 0 nitrogen and oxygen atoms in total. The fourth-order valence-corrected chi connectivity index (χ4v) is 0.694. The predicted octanol–water partition coefficient (Wildman–Crippen LogP) is 1.94. The second-order valence-electron chi connectivity index (χ2n) is 1.44. The molecule has 0 aliphatic rings. The monoisotopic (exact) mass is 198 g/mol. The van der Waals surface area contributed by atoms with Crippen molar-refractivity contribution in [3.63, 3.8) is 0 Å². The van der Waals surface area contributed by atoms with Crippen molar-refractivity contribution in [2.24, 2.45) is 0 Å². The summed E-state index contributed by atoms with van der Waals surface area (Å²) in [6.07, 6.45) is 0. The first-order chi connectivity index (χ1) is 3.79. The SMILES string of the molecule is Fc1ccc(Br)cc1.[NaH]. The van der Waals surface area contributed by atoms with E-state index in [0.717, 1.165) is 4.47 Å². The van der Waals surface area contributed by atoms with Crippen LogP contribution >= 0.6 is 15.9 Å². The van der Waals surface area contributed by atoms with Crippen molar-refractivity contribution < 1.29 is 4.39 Å². The van der Waals surface area contributed by atoms with E-state index in [1.807, 2.05) is 0 Å². The van der Waals surface area contributed by atoms with Crippen LogP contribution in [0.2, 0.25) is 0 Å². The Labute approximate surface area is 83.9 Å².